The Balaban J connectivity index is 1.60. The Morgan fingerprint density at radius 3 is 2.33 bits per heavy atom. The molecule has 7 heteroatoms. The molecule has 5 rings (SSSR count). The van der Waals surface area contributed by atoms with Crippen molar-refractivity contribution >= 4 is 54.4 Å². The highest BCUT2D eigenvalue weighted by Gasteiger charge is 2.35. The maximum absolute atomic E-state index is 13.5. The summed E-state index contributed by atoms with van der Waals surface area (Å²) in [7, 11) is 0. The highest BCUT2D eigenvalue weighted by atomic mass is 79.9. The second-order valence-electron chi connectivity index (χ2n) is 8.07. The minimum absolute atomic E-state index is 0.209. The number of rotatable bonds is 3. The largest absolute Gasteiger partial charge is 0.322 e. The van der Waals surface area contributed by atoms with Gasteiger partial charge in [0.2, 0.25) is 0 Å². The number of nitrogens with one attached hydrogen (secondary N) is 1. The maximum Gasteiger partial charge on any atom is 0.274 e. The van der Waals surface area contributed by atoms with Gasteiger partial charge in [0.15, 0.2) is 0 Å². The van der Waals surface area contributed by atoms with Crippen LogP contribution in [0.2, 0.25) is 0 Å². The Morgan fingerprint density at radius 1 is 0.970 bits per heavy atom. The van der Waals surface area contributed by atoms with Crippen molar-refractivity contribution in [2.75, 3.05) is 0 Å². The Bertz CT molecular complexity index is 1460. The molecule has 1 aliphatic rings. The van der Waals surface area contributed by atoms with Crippen LogP contribution in [0.15, 0.2) is 91.6 Å². The molecule has 0 spiro atoms. The maximum atomic E-state index is 13.5. The molecule has 0 radical (unpaired) electrons. The van der Waals surface area contributed by atoms with Gasteiger partial charge in [-0.25, -0.2) is 5.01 Å². The van der Waals surface area contributed by atoms with E-state index in [1.807, 2.05) is 67.6 Å². The summed E-state index contributed by atoms with van der Waals surface area (Å²) in [6.45, 7) is 1.99. The van der Waals surface area contributed by atoms with Crippen molar-refractivity contribution < 1.29 is 4.79 Å². The molecule has 0 aliphatic carbocycles. The van der Waals surface area contributed by atoms with E-state index < -0.39 is 6.04 Å². The number of fused-ring (bicyclic) bond motifs is 1. The van der Waals surface area contributed by atoms with Gasteiger partial charge >= 0.3 is 0 Å². The molecule has 33 heavy (non-hydrogen) atoms. The molecular weight excluding hydrogens is 546 g/mol. The van der Waals surface area contributed by atoms with Gasteiger partial charge in [0, 0.05) is 32.0 Å². The number of aryl methyl sites for hydroxylation is 1. The molecule has 0 saturated heterocycles. The lowest BCUT2D eigenvalue weighted by atomic mass is 9.97. The van der Waals surface area contributed by atoms with Crippen molar-refractivity contribution in [3.8, 4) is 0 Å². The molecule has 164 valence electrons. The van der Waals surface area contributed by atoms with E-state index in [2.05, 4.69) is 36.8 Å². The predicted molar refractivity (Wildman–Crippen MR) is 138 cm³/mol. The number of H-pyrrole nitrogens is 1. The Morgan fingerprint density at radius 2 is 1.64 bits per heavy atom. The molecule has 1 amide bonds. The lowest BCUT2D eigenvalue weighted by molar-refractivity contribution is 0.0710. The van der Waals surface area contributed by atoms with Crippen LogP contribution in [0, 0.1) is 6.92 Å². The lowest BCUT2D eigenvalue weighted by Gasteiger charge is -2.22. The average molecular weight is 565 g/mol. The molecule has 5 nitrogen and oxygen atoms in total. The van der Waals surface area contributed by atoms with Gasteiger partial charge in [0.25, 0.3) is 11.5 Å². The summed E-state index contributed by atoms with van der Waals surface area (Å²) in [5.74, 6) is -0.247. The molecule has 0 saturated carbocycles. The van der Waals surface area contributed by atoms with E-state index >= 15 is 0 Å². The number of hydrazone groups is 1. The third-order valence-electron chi connectivity index (χ3n) is 5.78. The number of pyridine rings is 1. The summed E-state index contributed by atoms with van der Waals surface area (Å²) in [6.07, 6.45) is 0.449. The number of hydrogen-bond acceptors (Lipinski definition) is 3. The summed E-state index contributed by atoms with van der Waals surface area (Å²) in [6, 6.07) is 22.3. The molecule has 0 bridgehead atoms. The highest BCUT2D eigenvalue weighted by molar-refractivity contribution is 9.10. The van der Waals surface area contributed by atoms with Crippen molar-refractivity contribution in [2.24, 2.45) is 5.10 Å². The van der Waals surface area contributed by atoms with E-state index in [0.29, 0.717) is 17.5 Å². The topological polar surface area (TPSA) is 65.5 Å². The number of carbonyl (C=O) groups excluding carboxylic acids is 1. The summed E-state index contributed by atoms with van der Waals surface area (Å²) >= 11 is 6.87. The minimum atomic E-state index is -0.505. The molecular formula is C26H19Br2N3O2. The summed E-state index contributed by atoms with van der Waals surface area (Å²) < 4.78 is 1.85. The van der Waals surface area contributed by atoms with Crippen LogP contribution in [0.5, 0.6) is 0 Å². The minimum Gasteiger partial charge on any atom is -0.322 e. The van der Waals surface area contributed by atoms with Crippen LogP contribution < -0.4 is 5.56 Å². The third-order valence-corrected chi connectivity index (χ3v) is 6.83. The number of halogens is 2. The van der Waals surface area contributed by atoms with E-state index in [1.54, 1.807) is 12.1 Å². The van der Waals surface area contributed by atoms with Crippen LogP contribution >= 0.6 is 31.9 Å². The monoisotopic (exact) mass is 563 g/mol. The SMILES string of the molecule is Cc1ccc2cc([C@@H]3CC(c4ccc(Br)cc4)=NN3C(=O)c3ccc(Br)cc3)c(=O)[nH]c2c1. The quantitative estimate of drug-likeness (QED) is 0.315. The fourth-order valence-corrected chi connectivity index (χ4v) is 4.59. The molecule has 0 unspecified atom stereocenters. The van der Waals surface area contributed by atoms with Gasteiger partial charge in [-0.15, -0.1) is 0 Å². The van der Waals surface area contributed by atoms with Crippen LogP contribution in [0.4, 0.5) is 0 Å². The van der Waals surface area contributed by atoms with Crippen molar-refractivity contribution in [1.82, 2.24) is 9.99 Å². The van der Waals surface area contributed by atoms with Crippen molar-refractivity contribution in [2.45, 2.75) is 19.4 Å². The normalized spacial score (nSPS) is 15.7. The Labute approximate surface area is 207 Å². The summed E-state index contributed by atoms with van der Waals surface area (Å²) in [4.78, 5) is 29.6. The van der Waals surface area contributed by atoms with Gasteiger partial charge in [0.05, 0.1) is 11.8 Å². The van der Waals surface area contributed by atoms with Crippen LogP contribution in [0.25, 0.3) is 10.9 Å². The summed E-state index contributed by atoms with van der Waals surface area (Å²) in [5.41, 5.74) is 4.35. The highest BCUT2D eigenvalue weighted by Crippen LogP contribution is 2.34. The molecule has 3 aromatic carbocycles. The van der Waals surface area contributed by atoms with E-state index in [9.17, 15) is 9.59 Å². The number of hydrogen-bond donors (Lipinski definition) is 1. The zero-order valence-electron chi connectivity index (χ0n) is 17.7. The molecule has 4 aromatic rings. The Kier molecular flexibility index (Phi) is 5.76. The average Bonchev–Trinajstić information content (AvgIpc) is 3.24. The number of aromatic amines is 1. The fourth-order valence-electron chi connectivity index (χ4n) is 4.06. The standard InChI is InChI=1S/C26H19Br2N3O2/c1-15-2-3-18-13-21(25(32)29-22(18)12-15)24-14-23(16-4-8-19(27)9-5-16)30-31(24)26(33)17-6-10-20(28)11-7-17/h2-13,24H,14H2,1H3,(H,29,32)/t24-/m0/s1. The van der Waals surface area contributed by atoms with Crippen LogP contribution in [0.1, 0.15) is 39.5 Å². The lowest BCUT2D eigenvalue weighted by Crippen LogP contribution is -2.30. The number of benzene rings is 3. The van der Waals surface area contributed by atoms with Crippen molar-refractivity contribution in [3.63, 3.8) is 0 Å². The summed E-state index contributed by atoms with van der Waals surface area (Å²) in [5, 5.41) is 7.07. The van der Waals surface area contributed by atoms with E-state index in [-0.39, 0.29) is 11.5 Å². The molecule has 1 aromatic heterocycles. The number of amides is 1. The van der Waals surface area contributed by atoms with Gasteiger partial charge in [0.1, 0.15) is 0 Å². The van der Waals surface area contributed by atoms with Crippen LogP contribution in [0.3, 0.4) is 0 Å². The molecule has 1 atom stereocenters. The number of aromatic nitrogens is 1. The van der Waals surface area contributed by atoms with Crippen molar-refractivity contribution in [3.05, 3.63) is 114 Å². The van der Waals surface area contributed by atoms with E-state index in [4.69, 9.17) is 5.10 Å². The zero-order valence-corrected chi connectivity index (χ0v) is 20.9. The van der Waals surface area contributed by atoms with Gasteiger partial charge in [-0.2, -0.15) is 5.10 Å². The second-order valence-corrected chi connectivity index (χ2v) is 9.91. The van der Waals surface area contributed by atoms with Gasteiger partial charge in [-0.3, -0.25) is 9.59 Å². The second kappa shape index (κ2) is 8.72. The first kappa shape index (κ1) is 21.8. The number of carbonyl (C=O) groups is 1. The van der Waals surface area contributed by atoms with E-state index in [1.165, 1.54) is 5.01 Å². The molecule has 1 N–H and O–H groups in total. The fraction of sp³-hybridized carbons (Fsp3) is 0.115. The zero-order chi connectivity index (χ0) is 23.1. The van der Waals surface area contributed by atoms with E-state index in [0.717, 1.165) is 36.7 Å². The number of nitrogens with zero attached hydrogens (tertiary/aromatic N) is 2. The Hall–Kier alpha value is -3.03. The molecule has 2 heterocycles. The van der Waals surface area contributed by atoms with Gasteiger partial charge < -0.3 is 4.98 Å². The first-order valence-corrected chi connectivity index (χ1v) is 12.0. The predicted octanol–water partition coefficient (Wildman–Crippen LogP) is 6.35. The first-order valence-electron chi connectivity index (χ1n) is 10.5. The smallest absolute Gasteiger partial charge is 0.274 e. The third kappa shape index (κ3) is 4.30. The van der Waals surface area contributed by atoms with Gasteiger partial charge in [-0.1, -0.05) is 56.1 Å². The molecule has 1 aliphatic heterocycles. The van der Waals surface area contributed by atoms with Gasteiger partial charge in [-0.05, 0) is 72.0 Å². The van der Waals surface area contributed by atoms with Crippen LogP contribution in [-0.4, -0.2) is 21.6 Å². The van der Waals surface area contributed by atoms with Crippen molar-refractivity contribution in [1.29, 1.82) is 0 Å². The van der Waals surface area contributed by atoms with Crippen LogP contribution in [-0.2, 0) is 0 Å². The first-order chi connectivity index (χ1) is 15.9. The molecule has 0 fully saturated rings.